The van der Waals surface area contributed by atoms with Crippen LogP contribution >= 0.6 is 0 Å². The number of nitrogens with zero attached hydrogens (tertiary/aromatic N) is 2. The molecule has 0 radical (unpaired) electrons. The molecular formula is C14H16N4O. The van der Waals surface area contributed by atoms with E-state index in [0.29, 0.717) is 11.4 Å². The van der Waals surface area contributed by atoms with E-state index in [0.717, 1.165) is 5.56 Å². The lowest BCUT2D eigenvalue weighted by atomic mass is 10.1. The van der Waals surface area contributed by atoms with E-state index in [1.807, 2.05) is 19.1 Å². The fourth-order valence-electron chi connectivity index (χ4n) is 1.73. The predicted octanol–water partition coefficient (Wildman–Crippen LogP) is 1.48. The maximum absolute atomic E-state index is 11.9. The third kappa shape index (κ3) is 3.77. The van der Waals surface area contributed by atoms with Gasteiger partial charge in [0.15, 0.2) is 0 Å². The number of pyridine rings is 2. The van der Waals surface area contributed by atoms with Crippen LogP contribution in [0.4, 0.5) is 5.69 Å². The molecule has 0 saturated heterocycles. The number of carbonyl (C=O) groups excluding carboxylic acids is 1. The number of amides is 1. The van der Waals surface area contributed by atoms with Gasteiger partial charge >= 0.3 is 0 Å². The number of hydrogen-bond acceptors (Lipinski definition) is 4. The van der Waals surface area contributed by atoms with Crippen LogP contribution in [0, 0.1) is 0 Å². The highest BCUT2D eigenvalue weighted by molar-refractivity contribution is 5.78. The van der Waals surface area contributed by atoms with Crippen LogP contribution in [0.15, 0.2) is 42.9 Å². The van der Waals surface area contributed by atoms with Crippen LogP contribution in [-0.4, -0.2) is 15.9 Å². The van der Waals surface area contributed by atoms with Gasteiger partial charge in [-0.3, -0.25) is 14.8 Å². The molecule has 98 valence electrons. The minimum Gasteiger partial charge on any atom is -0.397 e. The van der Waals surface area contributed by atoms with Gasteiger partial charge in [0.2, 0.25) is 5.91 Å². The van der Waals surface area contributed by atoms with Crippen LogP contribution < -0.4 is 11.1 Å². The van der Waals surface area contributed by atoms with Gasteiger partial charge in [0.25, 0.3) is 0 Å². The third-order valence-electron chi connectivity index (χ3n) is 2.77. The molecule has 2 aromatic heterocycles. The lowest BCUT2D eigenvalue weighted by molar-refractivity contribution is -0.121. The molecule has 5 heteroatoms. The van der Waals surface area contributed by atoms with Gasteiger partial charge in [0.1, 0.15) is 0 Å². The normalized spacial score (nSPS) is 11.8. The molecular weight excluding hydrogens is 240 g/mol. The molecule has 0 unspecified atom stereocenters. The van der Waals surface area contributed by atoms with Crippen LogP contribution in [0.3, 0.4) is 0 Å². The molecule has 0 aliphatic carbocycles. The van der Waals surface area contributed by atoms with Crippen molar-refractivity contribution in [1.29, 1.82) is 0 Å². The fourth-order valence-corrected chi connectivity index (χ4v) is 1.73. The van der Waals surface area contributed by atoms with E-state index < -0.39 is 0 Å². The van der Waals surface area contributed by atoms with Gasteiger partial charge in [-0.05, 0) is 36.8 Å². The van der Waals surface area contributed by atoms with Gasteiger partial charge < -0.3 is 11.1 Å². The summed E-state index contributed by atoms with van der Waals surface area (Å²) in [5.74, 6) is -0.0680. The SMILES string of the molecule is C[C@H](NC(=O)Cc1ccc(N)cn1)c1ccncc1. The first-order valence-electron chi connectivity index (χ1n) is 6.05. The number of hydrogen-bond donors (Lipinski definition) is 2. The quantitative estimate of drug-likeness (QED) is 0.868. The molecule has 0 saturated carbocycles. The first kappa shape index (κ1) is 13.0. The van der Waals surface area contributed by atoms with E-state index in [4.69, 9.17) is 5.73 Å². The molecule has 0 fully saturated rings. The Morgan fingerprint density at radius 3 is 2.68 bits per heavy atom. The van der Waals surface area contributed by atoms with Crippen molar-refractivity contribution in [3.05, 3.63) is 54.1 Å². The Kier molecular flexibility index (Phi) is 4.07. The maximum atomic E-state index is 11.9. The number of nitrogen functional groups attached to an aromatic ring is 1. The Balaban J connectivity index is 1.93. The van der Waals surface area contributed by atoms with Crippen molar-refractivity contribution in [3.63, 3.8) is 0 Å². The maximum Gasteiger partial charge on any atom is 0.226 e. The minimum absolute atomic E-state index is 0.0516. The average Bonchev–Trinajstić information content (AvgIpc) is 2.42. The molecule has 3 N–H and O–H groups in total. The topological polar surface area (TPSA) is 80.9 Å². The summed E-state index contributed by atoms with van der Waals surface area (Å²) < 4.78 is 0. The summed E-state index contributed by atoms with van der Waals surface area (Å²) in [4.78, 5) is 19.9. The molecule has 1 amide bonds. The lowest BCUT2D eigenvalue weighted by Gasteiger charge is -2.13. The molecule has 2 rings (SSSR count). The Hall–Kier alpha value is -2.43. The molecule has 0 bridgehead atoms. The summed E-state index contributed by atoms with van der Waals surface area (Å²) in [6.07, 6.45) is 5.21. The second kappa shape index (κ2) is 5.95. The van der Waals surface area contributed by atoms with Crippen molar-refractivity contribution in [2.75, 3.05) is 5.73 Å². The van der Waals surface area contributed by atoms with Crippen molar-refractivity contribution in [1.82, 2.24) is 15.3 Å². The zero-order chi connectivity index (χ0) is 13.7. The van der Waals surface area contributed by atoms with Gasteiger partial charge in [-0.25, -0.2) is 0 Å². The largest absolute Gasteiger partial charge is 0.397 e. The lowest BCUT2D eigenvalue weighted by Crippen LogP contribution is -2.28. The van der Waals surface area contributed by atoms with Crippen molar-refractivity contribution in [3.8, 4) is 0 Å². The van der Waals surface area contributed by atoms with Gasteiger partial charge in [0.05, 0.1) is 24.3 Å². The van der Waals surface area contributed by atoms with Gasteiger partial charge in [0, 0.05) is 18.1 Å². The molecule has 2 aromatic rings. The smallest absolute Gasteiger partial charge is 0.226 e. The number of carbonyl (C=O) groups is 1. The second-order valence-electron chi connectivity index (χ2n) is 4.33. The Bertz CT molecular complexity index is 539. The van der Waals surface area contributed by atoms with Gasteiger partial charge in [-0.1, -0.05) is 0 Å². The van der Waals surface area contributed by atoms with Gasteiger partial charge in [-0.15, -0.1) is 0 Å². The molecule has 19 heavy (non-hydrogen) atoms. The molecule has 5 nitrogen and oxygen atoms in total. The van der Waals surface area contributed by atoms with Crippen LogP contribution in [0.1, 0.15) is 24.2 Å². The zero-order valence-electron chi connectivity index (χ0n) is 10.7. The van der Waals surface area contributed by atoms with E-state index in [1.165, 1.54) is 0 Å². The number of aromatic nitrogens is 2. The predicted molar refractivity (Wildman–Crippen MR) is 73.1 cm³/mol. The highest BCUT2D eigenvalue weighted by Gasteiger charge is 2.10. The highest BCUT2D eigenvalue weighted by Crippen LogP contribution is 2.10. The summed E-state index contributed by atoms with van der Waals surface area (Å²) in [5, 5.41) is 2.92. The van der Waals surface area contributed by atoms with Crippen LogP contribution in [0.2, 0.25) is 0 Å². The zero-order valence-corrected chi connectivity index (χ0v) is 10.7. The van der Waals surface area contributed by atoms with E-state index in [2.05, 4.69) is 15.3 Å². The van der Waals surface area contributed by atoms with E-state index in [9.17, 15) is 4.79 Å². The Labute approximate surface area is 111 Å². The Morgan fingerprint density at radius 1 is 1.32 bits per heavy atom. The fraction of sp³-hybridized carbons (Fsp3) is 0.214. The minimum atomic E-state index is -0.0680. The summed E-state index contributed by atoms with van der Waals surface area (Å²) >= 11 is 0. The van der Waals surface area contributed by atoms with Crippen LogP contribution in [0.25, 0.3) is 0 Å². The van der Waals surface area contributed by atoms with Crippen molar-refractivity contribution in [2.45, 2.75) is 19.4 Å². The van der Waals surface area contributed by atoms with Crippen molar-refractivity contribution < 1.29 is 4.79 Å². The van der Waals surface area contributed by atoms with Crippen molar-refractivity contribution >= 4 is 11.6 Å². The monoisotopic (exact) mass is 256 g/mol. The summed E-state index contributed by atoms with van der Waals surface area (Å²) in [6, 6.07) is 7.21. The third-order valence-corrected chi connectivity index (χ3v) is 2.77. The first-order valence-corrected chi connectivity index (χ1v) is 6.05. The van der Waals surface area contributed by atoms with Crippen LogP contribution in [-0.2, 0) is 11.2 Å². The molecule has 0 aliphatic rings. The molecule has 0 aromatic carbocycles. The summed E-state index contributed by atoms with van der Waals surface area (Å²) in [5.41, 5.74) is 7.86. The Morgan fingerprint density at radius 2 is 2.05 bits per heavy atom. The average molecular weight is 256 g/mol. The van der Waals surface area contributed by atoms with Crippen LogP contribution in [0.5, 0.6) is 0 Å². The number of nitrogens with two attached hydrogens (primary N) is 1. The first-order chi connectivity index (χ1) is 9.15. The van der Waals surface area contributed by atoms with E-state index >= 15 is 0 Å². The molecule has 0 spiro atoms. The molecule has 0 aliphatic heterocycles. The number of rotatable bonds is 4. The molecule has 2 heterocycles. The highest BCUT2D eigenvalue weighted by atomic mass is 16.1. The summed E-state index contributed by atoms with van der Waals surface area (Å²) in [6.45, 7) is 1.93. The number of anilines is 1. The van der Waals surface area contributed by atoms with Gasteiger partial charge in [-0.2, -0.15) is 0 Å². The van der Waals surface area contributed by atoms with Crippen molar-refractivity contribution in [2.24, 2.45) is 0 Å². The van der Waals surface area contributed by atoms with E-state index in [-0.39, 0.29) is 18.4 Å². The van der Waals surface area contributed by atoms with E-state index in [1.54, 1.807) is 30.7 Å². The number of nitrogens with one attached hydrogen (secondary N) is 1. The standard InChI is InChI=1S/C14H16N4O/c1-10(11-4-6-16-7-5-11)18-14(19)8-13-3-2-12(15)9-17-13/h2-7,9-10H,8,15H2,1H3,(H,18,19)/t10-/m0/s1. The summed E-state index contributed by atoms with van der Waals surface area (Å²) in [7, 11) is 0. The molecule has 1 atom stereocenters. The second-order valence-corrected chi connectivity index (χ2v) is 4.33.